The van der Waals surface area contributed by atoms with E-state index < -0.39 is 12.0 Å². The van der Waals surface area contributed by atoms with Crippen LogP contribution in [0.4, 0.5) is 4.39 Å². The van der Waals surface area contributed by atoms with Crippen LogP contribution in [-0.2, 0) is 11.2 Å². The first-order valence-corrected chi connectivity index (χ1v) is 6.29. The molecule has 4 heteroatoms. The molecule has 2 unspecified atom stereocenters. The van der Waals surface area contributed by atoms with E-state index in [4.69, 9.17) is 5.11 Å². The van der Waals surface area contributed by atoms with E-state index >= 15 is 0 Å². The first kappa shape index (κ1) is 13.0. The van der Waals surface area contributed by atoms with Crippen molar-refractivity contribution in [2.24, 2.45) is 5.92 Å². The summed E-state index contributed by atoms with van der Waals surface area (Å²) in [6.07, 6.45) is 2.69. The van der Waals surface area contributed by atoms with Crippen LogP contribution in [0.3, 0.4) is 0 Å². The molecule has 0 aromatic heterocycles. The number of hydrogen-bond acceptors (Lipinski definition) is 2. The van der Waals surface area contributed by atoms with Crippen molar-refractivity contribution in [3.8, 4) is 0 Å². The van der Waals surface area contributed by atoms with Gasteiger partial charge in [-0.1, -0.05) is 12.1 Å². The average Bonchev–Trinajstić information content (AvgIpc) is 3.13. The third kappa shape index (κ3) is 3.53. The molecule has 1 saturated carbocycles. The zero-order valence-corrected chi connectivity index (χ0v) is 10.4. The predicted molar refractivity (Wildman–Crippen MR) is 66.8 cm³/mol. The summed E-state index contributed by atoms with van der Waals surface area (Å²) in [5.74, 6) is -0.748. The molecule has 3 nitrogen and oxygen atoms in total. The summed E-state index contributed by atoms with van der Waals surface area (Å²) in [4.78, 5) is 11.1. The lowest BCUT2D eigenvalue weighted by molar-refractivity contribution is -0.140. The summed E-state index contributed by atoms with van der Waals surface area (Å²) in [5.41, 5.74) is 1.01. The van der Waals surface area contributed by atoms with Gasteiger partial charge in [0.05, 0.1) is 0 Å². The monoisotopic (exact) mass is 251 g/mol. The van der Waals surface area contributed by atoms with Gasteiger partial charge in [0.25, 0.3) is 0 Å². The fourth-order valence-electron chi connectivity index (χ4n) is 2.18. The van der Waals surface area contributed by atoms with Gasteiger partial charge in [0.1, 0.15) is 11.9 Å². The van der Waals surface area contributed by atoms with Crippen LogP contribution in [0.25, 0.3) is 0 Å². The number of carboxylic acid groups (broad SMARTS) is 1. The molecule has 2 atom stereocenters. The Morgan fingerprint density at radius 2 is 2.06 bits per heavy atom. The summed E-state index contributed by atoms with van der Waals surface area (Å²) in [6.45, 7) is 1.96. The number of carboxylic acids is 1. The van der Waals surface area contributed by atoms with Crippen molar-refractivity contribution in [3.05, 3.63) is 35.6 Å². The topological polar surface area (TPSA) is 49.3 Å². The third-order valence-corrected chi connectivity index (χ3v) is 3.28. The fraction of sp³-hybridized carbons (Fsp3) is 0.500. The minimum absolute atomic E-state index is 0.0668. The second-order valence-corrected chi connectivity index (χ2v) is 5.05. The van der Waals surface area contributed by atoms with Crippen molar-refractivity contribution in [1.82, 2.24) is 5.32 Å². The van der Waals surface area contributed by atoms with Gasteiger partial charge in [0.15, 0.2) is 0 Å². The van der Waals surface area contributed by atoms with Crippen molar-refractivity contribution in [2.75, 3.05) is 0 Å². The van der Waals surface area contributed by atoms with Gasteiger partial charge in [-0.05, 0) is 49.8 Å². The molecular weight excluding hydrogens is 233 g/mol. The molecule has 2 N–H and O–H groups in total. The van der Waals surface area contributed by atoms with E-state index in [1.54, 1.807) is 12.1 Å². The highest BCUT2D eigenvalue weighted by Crippen LogP contribution is 2.33. The maximum Gasteiger partial charge on any atom is 0.320 e. The Labute approximate surface area is 106 Å². The van der Waals surface area contributed by atoms with Gasteiger partial charge in [-0.15, -0.1) is 0 Å². The number of nitrogens with one attached hydrogen (secondary N) is 1. The summed E-state index contributed by atoms with van der Waals surface area (Å²) in [5, 5.41) is 12.3. The maximum atomic E-state index is 12.8. The molecule has 1 aromatic rings. The molecule has 0 bridgehead atoms. The first-order chi connectivity index (χ1) is 8.56. The smallest absolute Gasteiger partial charge is 0.320 e. The van der Waals surface area contributed by atoms with Crippen LogP contribution in [0.1, 0.15) is 25.3 Å². The Bertz CT molecular complexity index is 414. The van der Waals surface area contributed by atoms with Gasteiger partial charge >= 0.3 is 5.97 Å². The lowest BCUT2D eigenvalue weighted by atomic mass is 10.1. The molecule has 98 valence electrons. The lowest BCUT2D eigenvalue weighted by Gasteiger charge is -2.20. The molecule has 0 amide bonds. The van der Waals surface area contributed by atoms with E-state index in [1.807, 2.05) is 6.92 Å². The van der Waals surface area contributed by atoms with Gasteiger partial charge in [-0.3, -0.25) is 4.79 Å². The van der Waals surface area contributed by atoms with Crippen LogP contribution < -0.4 is 5.32 Å². The lowest BCUT2D eigenvalue weighted by Crippen LogP contribution is -2.44. The number of rotatable bonds is 6. The Kier molecular flexibility index (Phi) is 3.97. The maximum absolute atomic E-state index is 12.8. The molecule has 1 aromatic carbocycles. The highest BCUT2D eigenvalue weighted by molar-refractivity contribution is 5.74. The Morgan fingerprint density at radius 3 is 2.56 bits per heavy atom. The summed E-state index contributed by atoms with van der Waals surface area (Å²) < 4.78 is 12.8. The molecule has 0 saturated heterocycles. The van der Waals surface area contributed by atoms with E-state index in [9.17, 15) is 9.18 Å². The quantitative estimate of drug-likeness (QED) is 0.815. The van der Waals surface area contributed by atoms with Crippen LogP contribution in [0, 0.1) is 11.7 Å². The zero-order chi connectivity index (χ0) is 13.1. The first-order valence-electron chi connectivity index (χ1n) is 6.29. The van der Waals surface area contributed by atoms with Gasteiger partial charge < -0.3 is 10.4 Å². The number of aliphatic carboxylic acids is 1. The van der Waals surface area contributed by atoms with E-state index in [2.05, 4.69) is 5.32 Å². The average molecular weight is 251 g/mol. The Balaban J connectivity index is 1.89. The number of benzene rings is 1. The van der Waals surface area contributed by atoms with Crippen molar-refractivity contribution < 1.29 is 14.3 Å². The standard InChI is InChI=1S/C14H18FNO2/c1-9(8-10-2-6-12(15)7-3-10)16-13(14(17)18)11-4-5-11/h2-3,6-7,9,11,13,16H,4-5,8H2,1H3,(H,17,18). The molecule has 1 aliphatic carbocycles. The van der Waals surface area contributed by atoms with Gasteiger partial charge in [-0.25, -0.2) is 4.39 Å². The second kappa shape index (κ2) is 5.48. The number of halogens is 1. The molecule has 2 rings (SSSR count). The Hall–Kier alpha value is -1.42. The highest BCUT2D eigenvalue weighted by Gasteiger charge is 2.36. The molecule has 0 heterocycles. The van der Waals surface area contributed by atoms with E-state index in [0.29, 0.717) is 6.42 Å². The zero-order valence-electron chi connectivity index (χ0n) is 10.4. The minimum atomic E-state index is -0.775. The molecule has 1 fully saturated rings. The van der Waals surface area contributed by atoms with E-state index in [0.717, 1.165) is 18.4 Å². The largest absolute Gasteiger partial charge is 0.480 e. The van der Waals surface area contributed by atoms with Crippen LogP contribution in [0.2, 0.25) is 0 Å². The van der Waals surface area contributed by atoms with E-state index in [1.165, 1.54) is 12.1 Å². The van der Waals surface area contributed by atoms with E-state index in [-0.39, 0.29) is 17.8 Å². The molecule has 18 heavy (non-hydrogen) atoms. The summed E-state index contributed by atoms with van der Waals surface area (Å²) in [6, 6.07) is 5.95. The highest BCUT2D eigenvalue weighted by atomic mass is 19.1. The summed E-state index contributed by atoms with van der Waals surface area (Å²) >= 11 is 0. The molecule has 0 aliphatic heterocycles. The van der Waals surface area contributed by atoms with Crippen molar-refractivity contribution in [3.63, 3.8) is 0 Å². The van der Waals surface area contributed by atoms with Gasteiger partial charge in [0, 0.05) is 6.04 Å². The Morgan fingerprint density at radius 1 is 1.44 bits per heavy atom. The number of hydrogen-bond donors (Lipinski definition) is 2. The molecule has 0 spiro atoms. The molecule has 1 aliphatic rings. The van der Waals surface area contributed by atoms with Gasteiger partial charge in [0.2, 0.25) is 0 Å². The van der Waals surface area contributed by atoms with Crippen molar-refractivity contribution >= 4 is 5.97 Å². The molecular formula is C14H18FNO2. The van der Waals surface area contributed by atoms with Crippen LogP contribution >= 0.6 is 0 Å². The van der Waals surface area contributed by atoms with Crippen molar-refractivity contribution in [2.45, 2.75) is 38.3 Å². The fourth-order valence-corrected chi connectivity index (χ4v) is 2.18. The summed E-state index contributed by atoms with van der Waals surface area (Å²) in [7, 11) is 0. The third-order valence-electron chi connectivity index (χ3n) is 3.28. The molecule has 0 radical (unpaired) electrons. The van der Waals surface area contributed by atoms with Crippen LogP contribution in [0.5, 0.6) is 0 Å². The normalized spacial score (nSPS) is 18.3. The SMILES string of the molecule is CC(Cc1ccc(F)cc1)NC(C(=O)O)C1CC1. The number of carbonyl (C=O) groups is 1. The van der Waals surface area contributed by atoms with Crippen LogP contribution in [0.15, 0.2) is 24.3 Å². The van der Waals surface area contributed by atoms with Crippen molar-refractivity contribution in [1.29, 1.82) is 0 Å². The second-order valence-electron chi connectivity index (χ2n) is 5.05. The van der Waals surface area contributed by atoms with Crippen LogP contribution in [-0.4, -0.2) is 23.2 Å². The van der Waals surface area contributed by atoms with Gasteiger partial charge in [-0.2, -0.15) is 0 Å². The predicted octanol–water partition coefficient (Wildman–Crippen LogP) is 2.21. The minimum Gasteiger partial charge on any atom is -0.480 e.